The van der Waals surface area contributed by atoms with Crippen molar-refractivity contribution in [3.8, 4) is 0 Å². The number of carboxylic acid groups (broad SMARTS) is 1. The lowest BCUT2D eigenvalue weighted by Gasteiger charge is -2.06. The van der Waals surface area contributed by atoms with Crippen molar-refractivity contribution in [1.29, 1.82) is 0 Å². The van der Waals surface area contributed by atoms with Crippen LogP contribution in [0.3, 0.4) is 0 Å². The van der Waals surface area contributed by atoms with Crippen LogP contribution < -0.4 is 0 Å². The zero-order valence-corrected chi connectivity index (χ0v) is 10.5. The monoisotopic (exact) mass is 278 g/mol. The van der Waals surface area contributed by atoms with Crippen LogP contribution in [0.4, 0.5) is 8.78 Å². The Labute approximate surface area is 114 Å². The first-order chi connectivity index (χ1) is 9.58. The predicted octanol–water partition coefficient (Wildman–Crippen LogP) is 3.38. The molecule has 0 atom stereocenters. The first-order valence-electron chi connectivity index (χ1n) is 5.91. The Morgan fingerprint density at radius 3 is 2.45 bits per heavy atom. The summed E-state index contributed by atoms with van der Waals surface area (Å²) in [6.07, 6.45) is 0. The maximum Gasteiger partial charge on any atom is 0.338 e. The van der Waals surface area contributed by atoms with Crippen LogP contribution >= 0.6 is 0 Å². The van der Waals surface area contributed by atoms with Gasteiger partial charge in [-0.05, 0) is 23.8 Å². The van der Waals surface area contributed by atoms with E-state index in [9.17, 15) is 13.6 Å². The van der Waals surface area contributed by atoms with Crippen LogP contribution in [0.1, 0.15) is 21.5 Å². The maximum atomic E-state index is 13.4. The van der Waals surface area contributed by atoms with Crippen molar-refractivity contribution >= 4 is 5.97 Å². The molecule has 0 unspecified atom stereocenters. The van der Waals surface area contributed by atoms with Crippen molar-refractivity contribution in [2.75, 3.05) is 0 Å². The highest BCUT2D eigenvalue weighted by atomic mass is 19.1. The van der Waals surface area contributed by atoms with Gasteiger partial charge in [-0.25, -0.2) is 13.6 Å². The molecule has 0 bridgehead atoms. The van der Waals surface area contributed by atoms with E-state index in [4.69, 9.17) is 9.84 Å². The van der Waals surface area contributed by atoms with Crippen LogP contribution in [-0.2, 0) is 18.0 Å². The third-order valence-electron chi connectivity index (χ3n) is 2.75. The molecule has 0 aliphatic rings. The Bertz CT molecular complexity index is 626. The standard InChI is InChI=1S/C15H12F2O3/c16-13-4-2-1-3-11(13)9-20-8-10-5-6-12(15(18)19)14(17)7-10/h1-7H,8-9H2,(H,18,19). The second-order valence-corrected chi connectivity index (χ2v) is 4.20. The summed E-state index contributed by atoms with van der Waals surface area (Å²) in [7, 11) is 0. The molecule has 0 radical (unpaired) electrons. The van der Waals surface area contributed by atoms with Gasteiger partial charge in [0.25, 0.3) is 0 Å². The predicted molar refractivity (Wildman–Crippen MR) is 68.3 cm³/mol. The summed E-state index contributed by atoms with van der Waals surface area (Å²) in [6, 6.07) is 9.96. The minimum Gasteiger partial charge on any atom is -0.478 e. The van der Waals surface area contributed by atoms with E-state index in [1.807, 2.05) is 0 Å². The van der Waals surface area contributed by atoms with Gasteiger partial charge >= 0.3 is 5.97 Å². The molecule has 0 aliphatic heterocycles. The van der Waals surface area contributed by atoms with E-state index in [0.29, 0.717) is 11.1 Å². The molecule has 5 heteroatoms. The van der Waals surface area contributed by atoms with Crippen LogP contribution in [-0.4, -0.2) is 11.1 Å². The fourth-order valence-electron chi connectivity index (χ4n) is 1.72. The summed E-state index contributed by atoms with van der Waals surface area (Å²) in [5, 5.41) is 8.70. The molecule has 2 aromatic carbocycles. The zero-order valence-electron chi connectivity index (χ0n) is 10.5. The Kier molecular flexibility index (Phi) is 4.42. The maximum absolute atomic E-state index is 13.4. The fourth-order valence-corrected chi connectivity index (χ4v) is 1.72. The van der Waals surface area contributed by atoms with E-state index in [0.717, 1.165) is 6.07 Å². The Balaban J connectivity index is 1.97. The van der Waals surface area contributed by atoms with Gasteiger partial charge in [0.1, 0.15) is 11.6 Å². The minimum atomic E-state index is -1.32. The lowest BCUT2D eigenvalue weighted by atomic mass is 10.1. The van der Waals surface area contributed by atoms with Crippen LogP contribution in [0, 0.1) is 11.6 Å². The Morgan fingerprint density at radius 1 is 1.05 bits per heavy atom. The normalized spacial score (nSPS) is 10.5. The van der Waals surface area contributed by atoms with Gasteiger partial charge in [-0.3, -0.25) is 0 Å². The molecule has 0 spiro atoms. The first-order valence-corrected chi connectivity index (χ1v) is 5.91. The number of rotatable bonds is 5. The third kappa shape index (κ3) is 3.39. The largest absolute Gasteiger partial charge is 0.478 e. The molecule has 0 amide bonds. The number of carbonyl (C=O) groups is 1. The summed E-state index contributed by atoms with van der Waals surface area (Å²) in [5.41, 5.74) is 0.516. The summed E-state index contributed by atoms with van der Waals surface area (Å²) >= 11 is 0. The van der Waals surface area contributed by atoms with E-state index < -0.39 is 11.8 Å². The number of ether oxygens (including phenoxy) is 1. The Morgan fingerprint density at radius 2 is 1.80 bits per heavy atom. The van der Waals surface area contributed by atoms with E-state index in [1.54, 1.807) is 18.2 Å². The molecule has 0 heterocycles. The van der Waals surface area contributed by atoms with Gasteiger partial charge in [0, 0.05) is 5.56 Å². The molecule has 20 heavy (non-hydrogen) atoms. The number of carboxylic acids is 1. The molecule has 104 valence electrons. The van der Waals surface area contributed by atoms with Crippen molar-refractivity contribution in [1.82, 2.24) is 0 Å². The zero-order chi connectivity index (χ0) is 14.5. The summed E-state index contributed by atoms with van der Waals surface area (Å²) in [6.45, 7) is 0.139. The highest BCUT2D eigenvalue weighted by Gasteiger charge is 2.10. The highest BCUT2D eigenvalue weighted by molar-refractivity contribution is 5.87. The molecular formula is C15H12F2O3. The van der Waals surface area contributed by atoms with E-state index in [2.05, 4.69) is 0 Å². The Hall–Kier alpha value is -2.27. The van der Waals surface area contributed by atoms with E-state index in [1.165, 1.54) is 18.2 Å². The molecular weight excluding hydrogens is 266 g/mol. The van der Waals surface area contributed by atoms with Crippen molar-refractivity contribution in [3.05, 3.63) is 70.8 Å². The SMILES string of the molecule is O=C(O)c1ccc(COCc2ccccc2F)cc1F. The lowest BCUT2D eigenvalue weighted by molar-refractivity contribution is 0.0691. The first kappa shape index (κ1) is 14.1. The van der Waals surface area contributed by atoms with Crippen LogP contribution in [0.2, 0.25) is 0 Å². The number of benzene rings is 2. The quantitative estimate of drug-likeness (QED) is 0.912. The van der Waals surface area contributed by atoms with Gasteiger partial charge in [-0.2, -0.15) is 0 Å². The number of aromatic carboxylic acids is 1. The van der Waals surface area contributed by atoms with E-state index >= 15 is 0 Å². The lowest BCUT2D eigenvalue weighted by Crippen LogP contribution is -2.02. The molecule has 0 aliphatic carbocycles. The van der Waals surface area contributed by atoms with Gasteiger partial charge in [0.05, 0.1) is 18.8 Å². The minimum absolute atomic E-state index is 0.0645. The summed E-state index contributed by atoms with van der Waals surface area (Å²) in [5.74, 6) is -2.49. The van der Waals surface area contributed by atoms with Gasteiger partial charge in [-0.1, -0.05) is 24.3 Å². The highest BCUT2D eigenvalue weighted by Crippen LogP contribution is 2.13. The summed E-state index contributed by atoms with van der Waals surface area (Å²) < 4.78 is 32.0. The number of hydrogen-bond acceptors (Lipinski definition) is 2. The molecule has 1 N–H and O–H groups in total. The van der Waals surface area contributed by atoms with Crippen molar-refractivity contribution in [2.24, 2.45) is 0 Å². The average molecular weight is 278 g/mol. The molecule has 2 rings (SSSR count). The second kappa shape index (κ2) is 6.25. The van der Waals surface area contributed by atoms with Gasteiger partial charge in [0.2, 0.25) is 0 Å². The van der Waals surface area contributed by atoms with Crippen molar-refractivity contribution in [3.63, 3.8) is 0 Å². The molecule has 0 aromatic heterocycles. The van der Waals surface area contributed by atoms with Gasteiger partial charge in [-0.15, -0.1) is 0 Å². The third-order valence-corrected chi connectivity index (χ3v) is 2.75. The van der Waals surface area contributed by atoms with Crippen LogP contribution in [0.15, 0.2) is 42.5 Å². The van der Waals surface area contributed by atoms with Gasteiger partial charge < -0.3 is 9.84 Å². The topological polar surface area (TPSA) is 46.5 Å². The van der Waals surface area contributed by atoms with E-state index in [-0.39, 0.29) is 24.6 Å². The molecule has 0 saturated heterocycles. The fraction of sp³-hybridized carbons (Fsp3) is 0.133. The average Bonchev–Trinajstić information content (AvgIpc) is 2.40. The molecule has 0 saturated carbocycles. The smallest absolute Gasteiger partial charge is 0.338 e. The van der Waals surface area contributed by atoms with Crippen molar-refractivity contribution < 1.29 is 23.4 Å². The van der Waals surface area contributed by atoms with Crippen LogP contribution in [0.5, 0.6) is 0 Å². The second-order valence-electron chi connectivity index (χ2n) is 4.20. The number of halogens is 2. The number of hydrogen-bond donors (Lipinski definition) is 1. The summed E-state index contributed by atoms with van der Waals surface area (Å²) in [4.78, 5) is 10.7. The molecule has 0 fully saturated rings. The van der Waals surface area contributed by atoms with Crippen LogP contribution in [0.25, 0.3) is 0 Å². The molecule has 2 aromatic rings. The van der Waals surface area contributed by atoms with Gasteiger partial charge in [0.15, 0.2) is 0 Å². The van der Waals surface area contributed by atoms with Crippen molar-refractivity contribution in [2.45, 2.75) is 13.2 Å². The molecule has 3 nitrogen and oxygen atoms in total.